The first-order valence-electron chi connectivity index (χ1n) is 10.0. The monoisotopic (exact) mass is 474 g/mol. The first-order valence-corrected chi connectivity index (χ1v) is 11.2. The molecule has 1 fully saturated rings. The number of carbonyl (C=O) groups is 2. The lowest BCUT2D eigenvalue weighted by atomic mass is 9.99. The highest BCUT2D eigenvalue weighted by atomic mass is 35.5. The summed E-state index contributed by atoms with van der Waals surface area (Å²) < 4.78 is 18.5. The normalized spacial score (nSPS) is 15.9. The summed E-state index contributed by atoms with van der Waals surface area (Å²) in [6.45, 7) is 0.987. The average Bonchev–Trinajstić information content (AvgIpc) is 3.29. The highest BCUT2D eigenvalue weighted by Crippen LogP contribution is 2.29. The maximum atomic E-state index is 13.0. The van der Waals surface area contributed by atoms with E-state index in [4.69, 9.17) is 16.3 Å². The van der Waals surface area contributed by atoms with Crippen LogP contribution in [0.5, 0.6) is 5.75 Å². The predicted octanol–water partition coefficient (Wildman–Crippen LogP) is 4.37. The average molecular weight is 475 g/mol. The van der Waals surface area contributed by atoms with E-state index in [1.54, 1.807) is 29.2 Å². The minimum Gasteiger partial charge on any atom is -0.484 e. The van der Waals surface area contributed by atoms with Crippen LogP contribution in [0.4, 0.5) is 10.1 Å². The van der Waals surface area contributed by atoms with Crippen molar-refractivity contribution in [3.8, 4) is 5.75 Å². The minimum atomic E-state index is -0.361. The van der Waals surface area contributed by atoms with Gasteiger partial charge in [-0.25, -0.2) is 4.39 Å². The number of rotatable bonds is 6. The summed E-state index contributed by atoms with van der Waals surface area (Å²) in [6, 6.07) is 12.4. The molecular formula is C22H20ClFN4O3S. The Morgan fingerprint density at radius 3 is 2.81 bits per heavy atom. The molecule has 7 nitrogen and oxygen atoms in total. The number of nitrogens with zero attached hydrogens (tertiary/aromatic N) is 3. The summed E-state index contributed by atoms with van der Waals surface area (Å²) in [6.07, 6.45) is 1.67. The van der Waals surface area contributed by atoms with Gasteiger partial charge in [-0.2, -0.15) is 0 Å². The van der Waals surface area contributed by atoms with Crippen LogP contribution in [0.1, 0.15) is 33.6 Å². The van der Waals surface area contributed by atoms with Crippen LogP contribution in [0.25, 0.3) is 0 Å². The van der Waals surface area contributed by atoms with Gasteiger partial charge in [-0.1, -0.05) is 29.0 Å². The molecule has 1 unspecified atom stereocenters. The summed E-state index contributed by atoms with van der Waals surface area (Å²) in [5, 5.41) is 12.5. The number of halogens is 2. The van der Waals surface area contributed by atoms with E-state index in [0.29, 0.717) is 29.5 Å². The third kappa shape index (κ3) is 5.60. The van der Waals surface area contributed by atoms with Gasteiger partial charge in [0.15, 0.2) is 6.61 Å². The van der Waals surface area contributed by atoms with E-state index in [-0.39, 0.29) is 35.2 Å². The molecule has 2 heterocycles. The molecule has 0 saturated carbocycles. The number of ether oxygens (including phenoxy) is 1. The van der Waals surface area contributed by atoms with Crippen molar-refractivity contribution in [2.24, 2.45) is 0 Å². The Kier molecular flexibility index (Phi) is 6.96. The van der Waals surface area contributed by atoms with Crippen LogP contribution in [0, 0.1) is 5.82 Å². The molecule has 0 radical (unpaired) electrons. The Hall–Kier alpha value is -3.04. The molecule has 166 valence electrons. The number of piperidine rings is 1. The summed E-state index contributed by atoms with van der Waals surface area (Å²) >= 11 is 7.17. The van der Waals surface area contributed by atoms with E-state index in [9.17, 15) is 14.0 Å². The second-order valence-electron chi connectivity index (χ2n) is 7.33. The molecule has 0 bridgehead atoms. The molecule has 1 aliphatic rings. The molecular weight excluding hydrogens is 455 g/mol. The Bertz CT molecular complexity index is 1110. The lowest BCUT2D eigenvalue weighted by Gasteiger charge is -2.31. The maximum absolute atomic E-state index is 13.0. The van der Waals surface area contributed by atoms with Gasteiger partial charge in [0.1, 0.15) is 16.6 Å². The van der Waals surface area contributed by atoms with Crippen molar-refractivity contribution in [3.63, 3.8) is 0 Å². The highest BCUT2D eigenvalue weighted by molar-refractivity contribution is 7.13. The fraction of sp³-hybridized carbons (Fsp3) is 0.273. The van der Waals surface area contributed by atoms with Crippen LogP contribution >= 0.6 is 22.9 Å². The molecule has 1 atom stereocenters. The Morgan fingerprint density at radius 1 is 1.22 bits per heavy atom. The molecule has 4 rings (SSSR count). The highest BCUT2D eigenvalue weighted by Gasteiger charge is 2.28. The number of anilines is 1. The number of amides is 2. The van der Waals surface area contributed by atoms with Crippen LogP contribution < -0.4 is 10.1 Å². The smallest absolute Gasteiger partial charge is 0.286 e. The maximum Gasteiger partial charge on any atom is 0.286 e. The van der Waals surface area contributed by atoms with Crippen molar-refractivity contribution in [1.29, 1.82) is 0 Å². The number of benzene rings is 2. The third-order valence-corrected chi connectivity index (χ3v) is 6.34. The summed E-state index contributed by atoms with van der Waals surface area (Å²) in [7, 11) is 0. The molecule has 1 aliphatic heterocycles. The van der Waals surface area contributed by atoms with E-state index < -0.39 is 0 Å². The van der Waals surface area contributed by atoms with Crippen LogP contribution in [-0.4, -0.2) is 46.6 Å². The van der Waals surface area contributed by atoms with Gasteiger partial charge < -0.3 is 15.0 Å². The lowest BCUT2D eigenvalue weighted by molar-refractivity contribution is -0.134. The molecule has 2 aromatic carbocycles. The molecule has 10 heteroatoms. The van der Waals surface area contributed by atoms with Crippen LogP contribution in [0.2, 0.25) is 5.02 Å². The van der Waals surface area contributed by atoms with Gasteiger partial charge in [-0.15, -0.1) is 10.2 Å². The molecule has 1 N–H and O–H groups in total. The van der Waals surface area contributed by atoms with E-state index in [2.05, 4.69) is 15.5 Å². The lowest BCUT2D eigenvalue weighted by Crippen LogP contribution is -2.41. The molecule has 32 heavy (non-hydrogen) atoms. The number of hydrogen-bond acceptors (Lipinski definition) is 6. The summed E-state index contributed by atoms with van der Waals surface area (Å²) in [5.74, 6) is -0.424. The first kappa shape index (κ1) is 22.2. The topological polar surface area (TPSA) is 84.4 Å². The fourth-order valence-electron chi connectivity index (χ4n) is 3.41. The summed E-state index contributed by atoms with van der Waals surface area (Å²) in [4.78, 5) is 26.8. The SMILES string of the molecule is O=C(Nc1cccc(Cl)c1)c1nnc(C2CCCN(C(=O)COc3ccc(F)cc3)C2)s1. The quantitative estimate of drug-likeness (QED) is 0.573. The van der Waals surface area contributed by atoms with Crippen LogP contribution in [0.15, 0.2) is 48.5 Å². The van der Waals surface area contributed by atoms with Crippen molar-refractivity contribution in [1.82, 2.24) is 15.1 Å². The Morgan fingerprint density at radius 2 is 2.03 bits per heavy atom. The van der Waals surface area contributed by atoms with Crippen molar-refractivity contribution in [2.45, 2.75) is 18.8 Å². The second kappa shape index (κ2) is 10.1. The standard InChI is InChI=1S/C22H20ClFN4O3S/c23-15-4-1-5-17(11-15)25-20(30)22-27-26-21(32-22)14-3-2-10-28(12-14)19(29)13-31-18-8-6-16(24)7-9-18/h1,4-9,11,14H,2-3,10,12-13H2,(H,25,30). The molecule has 2 amide bonds. The Labute approximate surface area is 193 Å². The van der Waals surface area contributed by atoms with Gasteiger partial charge in [-0.3, -0.25) is 9.59 Å². The largest absolute Gasteiger partial charge is 0.484 e. The van der Waals surface area contributed by atoms with E-state index >= 15 is 0 Å². The van der Waals surface area contributed by atoms with Crippen molar-refractivity contribution < 1.29 is 18.7 Å². The molecule has 0 aliphatic carbocycles. The molecule has 3 aromatic rings. The van der Waals surface area contributed by atoms with Crippen molar-refractivity contribution in [3.05, 3.63) is 69.4 Å². The van der Waals surface area contributed by atoms with Crippen LogP contribution in [-0.2, 0) is 4.79 Å². The molecule has 1 aromatic heterocycles. The van der Waals surface area contributed by atoms with E-state index in [1.807, 2.05) is 0 Å². The molecule has 0 spiro atoms. The van der Waals surface area contributed by atoms with Gasteiger partial charge in [0.25, 0.3) is 11.8 Å². The van der Waals surface area contributed by atoms with E-state index in [0.717, 1.165) is 17.8 Å². The number of likely N-dealkylation sites (tertiary alicyclic amines) is 1. The zero-order valence-corrected chi connectivity index (χ0v) is 18.5. The van der Waals surface area contributed by atoms with Crippen LogP contribution in [0.3, 0.4) is 0 Å². The Balaban J connectivity index is 1.34. The van der Waals surface area contributed by atoms with Gasteiger partial charge in [0.2, 0.25) is 5.01 Å². The number of hydrogen-bond donors (Lipinski definition) is 1. The number of carbonyl (C=O) groups excluding carboxylic acids is 2. The number of aromatic nitrogens is 2. The molecule has 1 saturated heterocycles. The second-order valence-corrected chi connectivity index (χ2v) is 8.78. The third-order valence-electron chi connectivity index (χ3n) is 5.02. The zero-order chi connectivity index (χ0) is 22.5. The van der Waals surface area contributed by atoms with Crippen molar-refractivity contribution in [2.75, 3.05) is 25.0 Å². The summed E-state index contributed by atoms with van der Waals surface area (Å²) in [5.41, 5.74) is 0.579. The van der Waals surface area contributed by atoms with Gasteiger partial charge in [0, 0.05) is 29.7 Å². The van der Waals surface area contributed by atoms with Gasteiger partial charge >= 0.3 is 0 Å². The van der Waals surface area contributed by atoms with E-state index in [1.165, 1.54) is 35.6 Å². The fourth-order valence-corrected chi connectivity index (χ4v) is 4.47. The van der Waals surface area contributed by atoms with Crippen molar-refractivity contribution >= 4 is 40.4 Å². The first-order chi connectivity index (χ1) is 15.5. The van der Waals surface area contributed by atoms with Gasteiger partial charge in [0.05, 0.1) is 0 Å². The minimum absolute atomic E-state index is 0.00346. The van der Waals surface area contributed by atoms with Gasteiger partial charge in [-0.05, 0) is 55.3 Å². The number of nitrogens with one attached hydrogen (secondary N) is 1. The zero-order valence-electron chi connectivity index (χ0n) is 17.0. The predicted molar refractivity (Wildman–Crippen MR) is 120 cm³/mol.